The summed E-state index contributed by atoms with van der Waals surface area (Å²) in [4.78, 5) is 17.6. The van der Waals surface area contributed by atoms with Crippen molar-refractivity contribution in [3.63, 3.8) is 0 Å². The second-order valence-corrected chi connectivity index (χ2v) is 8.27. The molecule has 4 rings (SSSR count). The molecule has 26 heavy (non-hydrogen) atoms. The SMILES string of the molecule is Cc1ccccc1N1C(=O)/C(=C\c2ccc(N3CCCC3)cc2)SC1=S. The molecule has 0 saturated carbocycles. The van der Waals surface area contributed by atoms with Crippen molar-refractivity contribution < 1.29 is 4.79 Å². The number of benzene rings is 2. The molecule has 2 fully saturated rings. The Morgan fingerprint density at radius 2 is 1.73 bits per heavy atom. The van der Waals surface area contributed by atoms with E-state index in [1.54, 1.807) is 4.90 Å². The second-order valence-electron chi connectivity index (χ2n) is 6.59. The van der Waals surface area contributed by atoms with Crippen LogP contribution in [-0.2, 0) is 4.79 Å². The second kappa shape index (κ2) is 7.25. The number of carbonyl (C=O) groups excluding carboxylic acids is 1. The number of rotatable bonds is 3. The van der Waals surface area contributed by atoms with Crippen LogP contribution in [0.5, 0.6) is 0 Å². The van der Waals surface area contributed by atoms with Gasteiger partial charge in [0.15, 0.2) is 4.32 Å². The fourth-order valence-electron chi connectivity index (χ4n) is 3.40. The van der Waals surface area contributed by atoms with Gasteiger partial charge in [-0.3, -0.25) is 9.69 Å². The first-order chi connectivity index (χ1) is 12.6. The predicted molar refractivity (Wildman–Crippen MR) is 115 cm³/mol. The van der Waals surface area contributed by atoms with Gasteiger partial charge in [0.05, 0.1) is 10.6 Å². The van der Waals surface area contributed by atoms with E-state index in [-0.39, 0.29) is 5.91 Å². The molecule has 0 aromatic heterocycles. The van der Waals surface area contributed by atoms with Crippen LogP contribution in [0.2, 0.25) is 0 Å². The first-order valence-electron chi connectivity index (χ1n) is 8.82. The van der Waals surface area contributed by atoms with Crippen LogP contribution in [0.15, 0.2) is 53.4 Å². The summed E-state index contributed by atoms with van der Waals surface area (Å²) in [5, 5.41) is 0. The summed E-state index contributed by atoms with van der Waals surface area (Å²) in [6, 6.07) is 16.3. The maximum Gasteiger partial charge on any atom is 0.270 e. The molecule has 2 heterocycles. The quantitative estimate of drug-likeness (QED) is 0.552. The lowest BCUT2D eigenvalue weighted by molar-refractivity contribution is -0.113. The molecule has 0 unspecified atom stereocenters. The molecule has 2 aliphatic heterocycles. The molecular formula is C21H20N2OS2. The lowest BCUT2D eigenvalue weighted by atomic mass is 10.1. The van der Waals surface area contributed by atoms with E-state index < -0.39 is 0 Å². The summed E-state index contributed by atoms with van der Waals surface area (Å²) in [6.45, 7) is 4.26. The minimum absolute atomic E-state index is 0.0436. The van der Waals surface area contributed by atoms with Crippen LogP contribution in [0.25, 0.3) is 6.08 Å². The van der Waals surface area contributed by atoms with E-state index in [0.717, 1.165) is 29.9 Å². The molecule has 2 aliphatic rings. The molecule has 2 saturated heterocycles. The third-order valence-corrected chi connectivity index (χ3v) is 6.11. The van der Waals surface area contributed by atoms with E-state index in [2.05, 4.69) is 29.2 Å². The number of anilines is 2. The molecule has 1 amide bonds. The first-order valence-corrected chi connectivity index (χ1v) is 10.0. The van der Waals surface area contributed by atoms with E-state index in [1.165, 1.54) is 30.3 Å². The van der Waals surface area contributed by atoms with Crippen molar-refractivity contribution in [3.8, 4) is 0 Å². The zero-order valence-corrected chi connectivity index (χ0v) is 16.3. The van der Waals surface area contributed by atoms with Gasteiger partial charge >= 0.3 is 0 Å². The van der Waals surface area contributed by atoms with Gasteiger partial charge in [0.25, 0.3) is 5.91 Å². The average Bonchev–Trinajstić information content (AvgIpc) is 3.26. The van der Waals surface area contributed by atoms with E-state index in [9.17, 15) is 4.79 Å². The fourth-order valence-corrected chi connectivity index (χ4v) is 4.68. The normalized spacial score (nSPS) is 19.0. The molecule has 2 aromatic carbocycles. The number of carbonyl (C=O) groups is 1. The number of nitrogens with zero attached hydrogens (tertiary/aromatic N) is 2. The maximum absolute atomic E-state index is 12.9. The number of hydrogen-bond acceptors (Lipinski definition) is 4. The average molecular weight is 381 g/mol. The van der Waals surface area contributed by atoms with Crippen molar-refractivity contribution in [1.29, 1.82) is 0 Å². The van der Waals surface area contributed by atoms with Crippen LogP contribution >= 0.6 is 24.0 Å². The third kappa shape index (κ3) is 3.29. The van der Waals surface area contributed by atoms with Crippen molar-refractivity contribution in [2.24, 2.45) is 0 Å². The summed E-state index contributed by atoms with van der Waals surface area (Å²) < 4.78 is 0.587. The Hall–Kier alpha value is -2.11. The van der Waals surface area contributed by atoms with Gasteiger partial charge in [0.1, 0.15) is 0 Å². The number of thioether (sulfide) groups is 1. The van der Waals surface area contributed by atoms with Crippen molar-refractivity contribution in [1.82, 2.24) is 0 Å². The minimum atomic E-state index is -0.0436. The van der Waals surface area contributed by atoms with Gasteiger partial charge in [-0.05, 0) is 55.2 Å². The van der Waals surface area contributed by atoms with E-state index in [0.29, 0.717) is 9.23 Å². The number of hydrogen-bond donors (Lipinski definition) is 0. The van der Waals surface area contributed by atoms with E-state index in [1.807, 2.05) is 37.3 Å². The van der Waals surface area contributed by atoms with Crippen molar-refractivity contribution >= 4 is 51.7 Å². The molecule has 132 valence electrons. The van der Waals surface area contributed by atoms with Crippen LogP contribution < -0.4 is 9.80 Å². The zero-order valence-electron chi connectivity index (χ0n) is 14.6. The van der Waals surface area contributed by atoms with Gasteiger partial charge in [-0.1, -0.05) is 54.3 Å². The Morgan fingerprint density at radius 3 is 2.42 bits per heavy atom. The summed E-state index contributed by atoms with van der Waals surface area (Å²) in [5.41, 5.74) is 4.19. The summed E-state index contributed by atoms with van der Waals surface area (Å²) >= 11 is 6.83. The smallest absolute Gasteiger partial charge is 0.270 e. The third-order valence-electron chi connectivity index (χ3n) is 4.81. The molecular weight excluding hydrogens is 360 g/mol. The highest BCUT2D eigenvalue weighted by Gasteiger charge is 2.33. The lowest BCUT2D eigenvalue weighted by Gasteiger charge is -2.17. The van der Waals surface area contributed by atoms with Gasteiger partial charge < -0.3 is 4.90 Å². The van der Waals surface area contributed by atoms with Gasteiger partial charge in [-0.2, -0.15) is 0 Å². The molecule has 0 bridgehead atoms. The molecule has 0 radical (unpaired) electrons. The fraction of sp³-hybridized carbons (Fsp3) is 0.238. The number of para-hydroxylation sites is 1. The molecule has 0 atom stereocenters. The highest BCUT2D eigenvalue weighted by molar-refractivity contribution is 8.27. The van der Waals surface area contributed by atoms with Crippen LogP contribution in [0.4, 0.5) is 11.4 Å². The van der Waals surface area contributed by atoms with E-state index >= 15 is 0 Å². The molecule has 0 aliphatic carbocycles. The van der Waals surface area contributed by atoms with Crippen LogP contribution in [0.1, 0.15) is 24.0 Å². The van der Waals surface area contributed by atoms with Crippen LogP contribution in [0.3, 0.4) is 0 Å². The largest absolute Gasteiger partial charge is 0.372 e. The molecule has 2 aromatic rings. The summed E-state index contributed by atoms with van der Waals surface area (Å²) in [6.07, 6.45) is 4.47. The Kier molecular flexibility index (Phi) is 4.83. The Morgan fingerprint density at radius 1 is 1.04 bits per heavy atom. The van der Waals surface area contributed by atoms with Gasteiger partial charge in [-0.25, -0.2) is 0 Å². The minimum Gasteiger partial charge on any atom is -0.372 e. The van der Waals surface area contributed by atoms with Crippen LogP contribution in [-0.4, -0.2) is 23.3 Å². The Labute approximate surface area is 163 Å². The zero-order chi connectivity index (χ0) is 18.1. The van der Waals surface area contributed by atoms with Crippen molar-refractivity contribution in [3.05, 3.63) is 64.6 Å². The van der Waals surface area contributed by atoms with Gasteiger partial charge in [-0.15, -0.1) is 0 Å². The summed E-state index contributed by atoms with van der Waals surface area (Å²) in [5.74, 6) is -0.0436. The van der Waals surface area contributed by atoms with Gasteiger partial charge in [0, 0.05) is 18.8 Å². The molecule has 0 spiro atoms. The highest BCUT2D eigenvalue weighted by atomic mass is 32.2. The van der Waals surface area contributed by atoms with Crippen molar-refractivity contribution in [2.45, 2.75) is 19.8 Å². The topological polar surface area (TPSA) is 23.6 Å². The number of thiocarbonyl (C=S) groups is 1. The first kappa shape index (κ1) is 17.3. The molecule has 3 nitrogen and oxygen atoms in total. The maximum atomic E-state index is 12.9. The van der Waals surface area contributed by atoms with E-state index in [4.69, 9.17) is 12.2 Å². The lowest BCUT2D eigenvalue weighted by Crippen LogP contribution is -2.28. The van der Waals surface area contributed by atoms with Crippen molar-refractivity contribution in [2.75, 3.05) is 22.9 Å². The Balaban J connectivity index is 1.57. The van der Waals surface area contributed by atoms with Gasteiger partial charge in [0.2, 0.25) is 0 Å². The summed E-state index contributed by atoms with van der Waals surface area (Å²) in [7, 11) is 0. The number of aryl methyl sites for hydroxylation is 1. The molecule has 0 N–H and O–H groups in total. The van der Waals surface area contributed by atoms with Crippen LogP contribution in [0, 0.1) is 6.92 Å². The monoisotopic (exact) mass is 380 g/mol. The number of amides is 1. The highest BCUT2D eigenvalue weighted by Crippen LogP contribution is 2.37. The predicted octanol–water partition coefficient (Wildman–Crippen LogP) is 5.00. The Bertz CT molecular complexity index is 883. The standard InChI is InChI=1S/C21H20N2OS2/c1-15-6-2-3-7-18(15)23-20(24)19(26-21(23)25)14-16-8-10-17(11-9-16)22-12-4-5-13-22/h2-3,6-11,14H,4-5,12-13H2,1H3/b19-14+. The molecule has 5 heteroatoms.